The second-order valence-electron chi connectivity index (χ2n) is 5.07. The Morgan fingerprint density at radius 1 is 1.24 bits per heavy atom. The van der Waals surface area contributed by atoms with E-state index in [1.54, 1.807) is 17.0 Å². The van der Waals surface area contributed by atoms with Crippen molar-refractivity contribution in [1.82, 2.24) is 0 Å². The van der Waals surface area contributed by atoms with Crippen LogP contribution in [-0.4, -0.2) is 12.5 Å². The highest BCUT2D eigenvalue weighted by atomic mass is 79.9. The molecule has 0 unspecified atom stereocenters. The van der Waals surface area contributed by atoms with Crippen LogP contribution in [0.3, 0.4) is 0 Å². The topological polar surface area (TPSA) is 46.3 Å². The maximum atomic E-state index is 12.8. The first-order chi connectivity index (χ1) is 10.1. The summed E-state index contributed by atoms with van der Waals surface area (Å²) in [5, 5.41) is 0.456. The van der Waals surface area contributed by atoms with Crippen LogP contribution in [0.5, 0.6) is 0 Å². The number of carbonyl (C=O) groups is 1. The molecule has 2 aromatic rings. The van der Waals surface area contributed by atoms with Gasteiger partial charge in [-0.25, -0.2) is 0 Å². The van der Waals surface area contributed by atoms with E-state index in [0.717, 1.165) is 34.3 Å². The average molecular weight is 366 g/mol. The number of hydrogen-bond acceptors (Lipinski definition) is 2. The molecule has 0 radical (unpaired) electrons. The number of rotatable bonds is 1. The number of anilines is 2. The molecule has 1 amide bonds. The van der Waals surface area contributed by atoms with E-state index in [2.05, 4.69) is 15.9 Å². The largest absolute Gasteiger partial charge is 0.399 e. The van der Waals surface area contributed by atoms with Crippen molar-refractivity contribution >= 4 is 44.8 Å². The molecule has 0 spiro atoms. The molecule has 2 aromatic carbocycles. The van der Waals surface area contributed by atoms with Gasteiger partial charge in [0.1, 0.15) is 0 Å². The summed E-state index contributed by atoms with van der Waals surface area (Å²) in [5.41, 5.74) is 9.11. The summed E-state index contributed by atoms with van der Waals surface area (Å²) >= 11 is 9.55. The Morgan fingerprint density at radius 2 is 2.05 bits per heavy atom. The lowest BCUT2D eigenvalue weighted by molar-refractivity contribution is 0.0985. The number of aryl methyl sites for hydroxylation is 1. The van der Waals surface area contributed by atoms with Gasteiger partial charge in [-0.05, 0) is 54.8 Å². The quantitative estimate of drug-likeness (QED) is 0.767. The minimum absolute atomic E-state index is 0.0711. The highest BCUT2D eigenvalue weighted by molar-refractivity contribution is 9.10. The van der Waals surface area contributed by atoms with Crippen LogP contribution >= 0.6 is 27.5 Å². The third-order valence-electron chi connectivity index (χ3n) is 3.63. The van der Waals surface area contributed by atoms with Crippen molar-refractivity contribution in [2.45, 2.75) is 12.8 Å². The summed E-state index contributed by atoms with van der Waals surface area (Å²) in [6.07, 6.45) is 1.87. The Bertz CT molecular complexity index is 717. The number of nitrogens with two attached hydrogens (primary N) is 1. The molecule has 1 heterocycles. The van der Waals surface area contributed by atoms with Gasteiger partial charge in [0, 0.05) is 22.4 Å². The maximum Gasteiger partial charge on any atom is 0.259 e. The number of amides is 1. The van der Waals surface area contributed by atoms with Crippen molar-refractivity contribution in [2.24, 2.45) is 0 Å². The van der Waals surface area contributed by atoms with E-state index in [1.807, 2.05) is 24.3 Å². The molecule has 0 aromatic heterocycles. The molecule has 108 valence electrons. The van der Waals surface area contributed by atoms with Gasteiger partial charge in [-0.3, -0.25) is 4.79 Å². The maximum absolute atomic E-state index is 12.8. The predicted molar refractivity (Wildman–Crippen MR) is 90.0 cm³/mol. The van der Waals surface area contributed by atoms with Gasteiger partial charge in [-0.2, -0.15) is 0 Å². The highest BCUT2D eigenvalue weighted by Gasteiger charge is 2.25. The van der Waals surface area contributed by atoms with Crippen LogP contribution in [0.4, 0.5) is 11.4 Å². The van der Waals surface area contributed by atoms with Crippen molar-refractivity contribution in [3.63, 3.8) is 0 Å². The van der Waals surface area contributed by atoms with Crippen LogP contribution in [0.2, 0.25) is 5.02 Å². The van der Waals surface area contributed by atoms with E-state index in [1.165, 1.54) is 0 Å². The van der Waals surface area contributed by atoms with Crippen LogP contribution in [-0.2, 0) is 6.42 Å². The van der Waals surface area contributed by atoms with Gasteiger partial charge in [0.2, 0.25) is 0 Å². The smallest absolute Gasteiger partial charge is 0.259 e. The number of benzene rings is 2. The summed E-state index contributed by atoms with van der Waals surface area (Å²) in [5.74, 6) is -0.0711. The SMILES string of the molecule is Nc1ccc2c(c1)CCCN2C(=O)c1ccc(Br)cc1Cl. The number of carbonyl (C=O) groups excluding carboxylic acids is 1. The molecule has 0 aliphatic carbocycles. The number of nitrogens with zero attached hydrogens (tertiary/aromatic N) is 1. The standard InChI is InChI=1S/C16H14BrClN2O/c17-11-3-5-13(14(18)9-11)16(21)20-7-1-2-10-8-12(19)4-6-15(10)20/h3-6,8-9H,1-2,7,19H2. The molecule has 5 heteroatoms. The lowest BCUT2D eigenvalue weighted by Gasteiger charge is -2.30. The summed E-state index contributed by atoms with van der Waals surface area (Å²) in [4.78, 5) is 14.6. The van der Waals surface area contributed by atoms with Gasteiger partial charge >= 0.3 is 0 Å². The van der Waals surface area contributed by atoms with Gasteiger partial charge in [0.15, 0.2) is 0 Å². The number of fused-ring (bicyclic) bond motifs is 1. The van der Waals surface area contributed by atoms with Crippen molar-refractivity contribution in [2.75, 3.05) is 17.2 Å². The molecule has 3 rings (SSSR count). The molecule has 2 N–H and O–H groups in total. The number of halogens is 2. The molecular weight excluding hydrogens is 352 g/mol. The molecule has 0 fully saturated rings. The fourth-order valence-electron chi connectivity index (χ4n) is 2.64. The fraction of sp³-hybridized carbons (Fsp3) is 0.188. The third-order valence-corrected chi connectivity index (χ3v) is 4.43. The zero-order chi connectivity index (χ0) is 15.0. The fourth-order valence-corrected chi connectivity index (χ4v) is 3.39. The molecular formula is C16H14BrClN2O. The van der Waals surface area contributed by atoms with E-state index >= 15 is 0 Å². The van der Waals surface area contributed by atoms with Crippen molar-refractivity contribution in [3.8, 4) is 0 Å². The first-order valence-electron chi connectivity index (χ1n) is 6.71. The minimum Gasteiger partial charge on any atom is -0.399 e. The average Bonchev–Trinajstić information content (AvgIpc) is 2.45. The number of nitrogen functional groups attached to an aromatic ring is 1. The molecule has 21 heavy (non-hydrogen) atoms. The monoisotopic (exact) mass is 364 g/mol. The molecule has 1 aliphatic heterocycles. The van der Waals surface area contributed by atoms with Crippen molar-refractivity contribution in [1.29, 1.82) is 0 Å². The van der Waals surface area contributed by atoms with Crippen LogP contribution in [0.1, 0.15) is 22.3 Å². The molecule has 0 atom stereocenters. The Morgan fingerprint density at radius 3 is 2.81 bits per heavy atom. The van der Waals surface area contributed by atoms with E-state index in [0.29, 0.717) is 17.1 Å². The minimum atomic E-state index is -0.0711. The molecule has 3 nitrogen and oxygen atoms in total. The first kappa shape index (κ1) is 14.4. The lowest BCUT2D eigenvalue weighted by Crippen LogP contribution is -2.35. The molecule has 1 aliphatic rings. The van der Waals surface area contributed by atoms with E-state index in [9.17, 15) is 4.79 Å². The molecule has 0 saturated heterocycles. The molecule has 0 bridgehead atoms. The van der Waals surface area contributed by atoms with Gasteiger partial charge in [0.25, 0.3) is 5.91 Å². The number of hydrogen-bond donors (Lipinski definition) is 1. The summed E-state index contributed by atoms with van der Waals surface area (Å²) in [6, 6.07) is 11.0. The van der Waals surface area contributed by atoms with Crippen molar-refractivity contribution in [3.05, 3.63) is 57.0 Å². The molecule has 0 saturated carbocycles. The van der Waals surface area contributed by atoms with Crippen LogP contribution in [0, 0.1) is 0 Å². The van der Waals surface area contributed by atoms with Crippen molar-refractivity contribution < 1.29 is 4.79 Å². The van der Waals surface area contributed by atoms with E-state index < -0.39 is 0 Å². The summed E-state index contributed by atoms with van der Waals surface area (Å²) < 4.78 is 0.857. The highest BCUT2D eigenvalue weighted by Crippen LogP contribution is 2.31. The van der Waals surface area contributed by atoms with Gasteiger partial charge in [-0.1, -0.05) is 27.5 Å². The zero-order valence-electron chi connectivity index (χ0n) is 11.3. The Hall–Kier alpha value is -1.52. The summed E-state index contributed by atoms with van der Waals surface area (Å²) in [7, 11) is 0. The van der Waals surface area contributed by atoms with Crippen LogP contribution < -0.4 is 10.6 Å². The predicted octanol–water partition coefficient (Wildman–Crippen LogP) is 4.28. The zero-order valence-corrected chi connectivity index (χ0v) is 13.6. The van der Waals surface area contributed by atoms with Gasteiger partial charge in [-0.15, -0.1) is 0 Å². The normalized spacial score (nSPS) is 13.9. The Kier molecular flexibility index (Phi) is 3.91. The second kappa shape index (κ2) is 5.70. The van der Waals surface area contributed by atoms with Crippen LogP contribution in [0.25, 0.3) is 0 Å². The van der Waals surface area contributed by atoms with Gasteiger partial charge in [0.05, 0.1) is 10.6 Å². The second-order valence-corrected chi connectivity index (χ2v) is 6.40. The third kappa shape index (κ3) is 2.78. The first-order valence-corrected chi connectivity index (χ1v) is 7.88. The summed E-state index contributed by atoms with van der Waals surface area (Å²) in [6.45, 7) is 0.697. The van der Waals surface area contributed by atoms with Crippen LogP contribution in [0.15, 0.2) is 40.9 Å². The Labute approximate surface area is 136 Å². The van der Waals surface area contributed by atoms with Gasteiger partial charge < -0.3 is 10.6 Å². The van der Waals surface area contributed by atoms with E-state index in [4.69, 9.17) is 17.3 Å². The van der Waals surface area contributed by atoms with E-state index in [-0.39, 0.29) is 5.91 Å². The lowest BCUT2D eigenvalue weighted by atomic mass is 10.00. The Balaban J connectivity index is 2.00.